The molecular weight excluding hydrogens is 349 g/mol. The molecule has 1 aliphatic rings. The van der Waals surface area contributed by atoms with Crippen molar-refractivity contribution in [3.8, 4) is 11.5 Å². The van der Waals surface area contributed by atoms with Crippen molar-refractivity contribution in [2.24, 2.45) is 5.92 Å². The van der Waals surface area contributed by atoms with Gasteiger partial charge in [-0.1, -0.05) is 6.92 Å². The summed E-state index contributed by atoms with van der Waals surface area (Å²) in [5.41, 5.74) is 2.09. The Hall–Kier alpha value is -1.56. The van der Waals surface area contributed by atoms with Gasteiger partial charge in [-0.25, -0.2) is 4.98 Å². The van der Waals surface area contributed by atoms with Crippen LogP contribution in [0.4, 0.5) is 0 Å². The average Bonchev–Trinajstić information content (AvgIpc) is 3.03. The summed E-state index contributed by atoms with van der Waals surface area (Å²) in [5, 5.41) is 6.48. The van der Waals surface area contributed by atoms with E-state index in [4.69, 9.17) is 4.42 Å². The van der Waals surface area contributed by atoms with Crippen LogP contribution in [0.5, 0.6) is 0 Å². The fraction of sp³-hybridized carbons (Fsp3) is 0.412. The van der Waals surface area contributed by atoms with Gasteiger partial charge in [-0.3, -0.25) is 4.79 Å². The minimum atomic E-state index is -0.0465. The smallest absolute Gasteiger partial charge is 0.253 e. The highest BCUT2D eigenvalue weighted by Gasteiger charge is 2.23. The standard InChI is InChI=1S/C17H21N3O2.2ClH/c1-11-10-18-8-7-14(11)20-17(21)13-5-6-15(19-12(13)2)16-4-3-9-22-16;;/h3-6,9,11,14,18H,7-8,10H2,1-2H3,(H,20,21);2*1H. The van der Waals surface area contributed by atoms with E-state index in [0.717, 1.165) is 25.2 Å². The van der Waals surface area contributed by atoms with Crippen LogP contribution in [-0.2, 0) is 0 Å². The van der Waals surface area contributed by atoms with Gasteiger partial charge in [0.25, 0.3) is 5.91 Å². The number of nitrogens with one attached hydrogen (secondary N) is 2. The molecule has 0 aromatic carbocycles. The van der Waals surface area contributed by atoms with Gasteiger partial charge in [-0.05, 0) is 56.6 Å². The Labute approximate surface area is 154 Å². The largest absolute Gasteiger partial charge is 0.463 e. The molecule has 0 aliphatic carbocycles. The molecule has 132 valence electrons. The Balaban J connectivity index is 0.00000144. The highest BCUT2D eigenvalue weighted by molar-refractivity contribution is 5.95. The van der Waals surface area contributed by atoms with E-state index in [-0.39, 0.29) is 36.8 Å². The van der Waals surface area contributed by atoms with Crippen molar-refractivity contribution in [3.63, 3.8) is 0 Å². The lowest BCUT2D eigenvalue weighted by Gasteiger charge is -2.30. The minimum absolute atomic E-state index is 0. The van der Waals surface area contributed by atoms with Crippen molar-refractivity contribution < 1.29 is 9.21 Å². The highest BCUT2D eigenvalue weighted by Crippen LogP contribution is 2.20. The van der Waals surface area contributed by atoms with Crippen LogP contribution in [0.25, 0.3) is 11.5 Å². The Morgan fingerprint density at radius 2 is 2.12 bits per heavy atom. The van der Waals surface area contributed by atoms with E-state index in [9.17, 15) is 4.79 Å². The maximum absolute atomic E-state index is 12.5. The molecule has 1 amide bonds. The molecule has 2 unspecified atom stereocenters. The molecule has 2 aromatic rings. The zero-order chi connectivity index (χ0) is 15.5. The van der Waals surface area contributed by atoms with E-state index >= 15 is 0 Å². The maximum Gasteiger partial charge on any atom is 0.253 e. The van der Waals surface area contributed by atoms with E-state index in [1.54, 1.807) is 6.26 Å². The van der Waals surface area contributed by atoms with Crippen molar-refractivity contribution >= 4 is 30.7 Å². The second kappa shape index (κ2) is 9.06. The van der Waals surface area contributed by atoms with Crippen molar-refractivity contribution in [3.05, 3.63) is 41.8 Å². The summed E-state index contributed by atoms with van der Waals surface area (Å²) in [6.45, 7) is 5.90. The molecule has 0 spiro atoms. The SMILES string of the molecule is Cc1nc(-c2ccco2)ccc1C(=O)NC1CCNCC1C.Cl.Cl. The summed E-state index contributed by atoms with van der Waals surface area (Å²) in [6.07, 6.45) is 2.58. The van der Waals surface area contributed by atoms with Crippen LogP contribution in [0.15, 0.2) is 34.9 Å². The number of carbonyl (C=O) groups excluding carboxylic acids is 1. The summed E-state index contributed by atoms with van der Waals surface area (Å²) in [4.78, 5) is 17.0. The number of nitrogens with zero attached hydrogens (tertiary/aromatic N) is 1. The molecule has 2 atom stereocenters. The van der Waals surface area contributed by atoms with E-state index in [1.807, 2.05) is 31.2 Å². The summed E-state index contributed by atoms with van der Waals surface area (Å²) in [7, 11) is 0. The van der Waals surface area contributed by atoms with Gasteiger partial charge >= 0.3 is 0 Å². The Kier molecular flexibility index (Phi) is 7.73. The molecule has 24 heavy (non-hydrogen) atoms. The number of furan rings is 1. The number of rotatable bonds is 3. The normalized spacial score (nSPS) is 19.8. The number of amides is 1. The van der Waals surface area contributed by atoms with Crippen molar-refractivity contribution in [1.82, 2.24) is 15.6 Å². The van der Waals surface area contributed by atoms with Crippen LogP contribution in [0, 0.1) is 12.8 Å². The first-order valence-corrected chi connectivity index (χ1v) is 7.68. The number of piperidine rings is 1. The molecule has 2 aromatic heterocycles. The third-order valence-corrected chi connectivity index (χ3v) is 4.21. The van der Waals surface area contributed by atoms with Gasteiger partial charge in [-0.2, -0.15) is 0 Å². The molecule has 0 bridgehead atoms. The lowest BCUT2D eigenvalue weighted by atomic mass is 9.95. The van der Waals surface area contributed by atoms with Crippen molar-refractivity contribution in [2.45, 2.75) is 26.3 Å². The number of carbonyl (C=O) groups is 1. The summed E-state index contributed by atoms with van der Waals surface area (Å²) < 4.78 is 5.34. The van der Waals surface area contributed by atoms with Crippen LogP contribution in [0.1, 0.15) is 29.4 Å². The highest BCUT2D eigenvalue weighted by atomic mass is 35.5. The van der Waals surface area contributed by atoms with Crippen LogP contribution in [0.3, 0.4) is 0 Å². The zero-order valence-corrected chi connectivity index (χ0v) is 15.4. The Morgan fingerprint density at radius 1 is 1.33 bits per heavy atom. The van der Waals surface area contributed by atoms with Crippen LogP contribution in [0.2, 0.25) is 0 Å². The molecular formula is C17H23Cl2N3O2. The molecule has 3 heterocycles. The summed E-state index contributed by atoms with van der Waals surface area (Å²) >= 11 is 0. The summed E-state index contributed by atoms with van der Waals surface area (Å²) in [5.74, 6) is 1.10. The minimum Gasteiger partial charge on any atom is -0.463 e. The molecule has 7 heteroatoms. The van der Waals surface area contributed by atoms with Crippen molar-refractivity contribution in [1.29, 1.82) is 0 Å². The molecule has 0 radical (unpaired) electrons. The first-order valence-electron chi connectivity index (χ1n) is 7.68. The Bertz CT molecular complexity index is 662. The summed E-state index contributed by atoms with van der Waals surface area (Å²) in [6, 6.07) is 7.55. The number of halogens is 2. The maximum atomic E-state index is 12.5. The molecule has 1 saturated heterocycles. The Morgan fingerprint density at radius 3 is 2.75 bits per heavy atom. The molecule has 5 nitrogen and oxygen atoms in total. The van der Waals surface area contributed by atoms with Crippen LogP contribution in [-0.4, -0.2) is 30.0 Å². The second-order valence-corrected chi connectivity index (χ2v) is 5.86. The third kappa shape index (κ3) is 4.50. The molecule has 0 saturated carbocycles. The molecule has 1 fully saturated rings. The number of hydrogen-bond donors (Lipinski definition) is 2. The zero-order valence-electron chi connectivity index (χ0n) is 13.7. The van der Waals surface area contributed by atoms with Gasteiger partial charge in [0.05, 0.1) is 17.5 Å². The van der Waals surface area contributed by atoms with E-state index in [1.165, 1.54) is 0 Å². The number of pyridine rings is 1. The van der Waals surface area contributed by atoms with Gasteiger partial charge in [0.2, 0.25) is 0 Å². The van der Waals surface area contributed by atoms with Gasteiger partial charge < -0.3 is 15.1 Å². The van der Waals surface area contributed by atoms with E-state index in [2.05, 4.69) is 22.5 Å². The van der Waals surface area contributed by atoms with E-state index in [0.29, 0.717) is 22.9 Å². The topological polar surface area (TPSA) is 67.2 Å². The number of aromatic nitrogens is 1. The monoisotopic (exact) mass is 371 g/mol. The third-order valence-electron chi connectivity index (χ3n) is 4.21. The molecule has 3 rings (SSSR count). The van der Waals surface area contributed by atoms with Crippen LogP contribution < -0.4 is 10.6 Å². The number of hydrogen-bond acceptors (Lipinski definition) is 4. The second-order valence-electron chi connectivity index (χ2n) is 5.86. The van der Waals surface area contributed by atoms with Gasteiger partial charge in [-0.15, -0.1) is 24.8 Å². The number of aryl methyl sites for hydroxylation is 1. The van der Waals surface area contributed by atoms with E-state index < -0.39 is 0 Å². The lowest BCUT2D eigenvalue weighted by molar-refractivity contribution is 0.0913. The first kappa shape index (κ1) is 20.5. The van der Waals surface area contributed by atoms with Crippen molar-refractivity contribution in [2.75, 3.05) is 13.1 Å². The van der Waals surface area contributed by atoms with Gasteiger partial charge in [0.15, 0.2) is 5.76 Å². The first-order chi connectivity index (χ1) is 10.6. The fourth-order valence-corrected chi connectivity index (χ4v) is 2.84. The quantitative estimate of drug-likeness (QED) is 0.868. The fourth-order valence-electron chi connectivity index (χ4n) is 2.84. The average molecular weight is 372 g/mol. The van der Waals surface area contributed by atoms with Gasteiger partial charge in [0, 0.05) is 6.04 Å². The van der Waals surface area contributed by atoms with Crippen LogP contribution >= 0.6 is 24.8 Å². The predicted octanol–water partition coefficient (Wildman–Crippen LogP) is 3.22. The predicted molar refractivity (Wildman–Crippen MR) is 99.1 cm³/mol. The molecule has 2 N–H and O–H groups in total. The lowest BCUT2D eigenvalue weighted by Crippen LogP contribution is -2.48. The van der Waals surface area contributed by atoms with Gasteiger partial charge in [0.1, 0.15) is 5.69 Å². The molecule has 1 aliphatic heterocycles.